The third-order valence-electron chi connectivity index (χ3n) is 6.74. The van der Waals surface area contributed by atoms with Crippen LogP contribution in [-0.4, -0.2) is 36.5 Å². The molecule has 1 nitrogen and oxygen atoms in total. The first-order valence-corrected chi connectivity index (χ1v) is 11.7. The molecule has 0 bridgehead atoms. The average Bonchev–Trinajstić information content (AvgIpc) is 2.60. The number of quaternary nitrogens is 1. The smallest absolute Gasteiger partial charge is 0.0789 e. The summed E-state index contributed by atoms with van der Waals surface area (Å²) in [5.41, 5.74) is 0. The lowest BCUT2D eigenvalue weighted by molar-refractivity contribution is -0.937. The normalized spacial score (nSPS) is 26.5. The topological polar surface area (TPSA) is 0 Å². The second kappa shape index (κ2) is 10.3. The fraction of sp³-hybridized carbons (Fsp3) is 1.00. The first-order valence-electron chi connectivity index (χ1n) is 10.1. The van der Waals surface area contributed by atoms with E-state index in [4.69, 9.17) is 0 Å². The van der Waals surface area contributed by atoms with Gasteiger partial charge in [0, 0.05) is 0 Å². The van der Waals surface area contributed by atoms with Crippen LogP contribution in [0.15, 0.2) is 0 Å². The van der Waals surface area contributed by atoms with Crippen LogP contribution in [0.5, 0.6) is 0 Å². The second-order valence-corrected chi connectivity index (χ2v) is 8.18. The maximum atomic E-state index is 2.94. The number of hydrogen-bond acceptors (Lipinski definition) is 0. The van der Waals surface area contributed by atoms with E-state index in [2.05, 4.69) is 15.9 Å². The summed E-state index contributed by atoms with van der Waals surface area (Å²) < 4.78 is 1.51. The van der Waals surface area contributed by atoms with E-state index < -0.39 is 0 Å². The summed E-state index contributed by atoms with van der Waals surface area (Å²) in [7, 11) is 0. The maximum absolute atomic E-state index is 2.94. The molecule has 0 aromatic rings. The van der Waals surface area contributed by atoms with E-state index in [0.29, 0.717) is 0 Å². The SMILES string of the molecule is C1CCC(CCCC2CC[N+]3(CCCCC3)CC2)CC1.CBr. The van der Waals surface area contributed by atoms with Crippen molar-refractivity contribution in [3.05, 3.63) is 0 Å². The maximum Gasteiger partial charge on any atom is 0.0789 e. The Morgan fingerprint density at radius 3 is 1.73 bits per heavy atom. The van der Waals surface area contributed by atoms with Crippen molar-refractivity contribution >= 4 is 15.9 Å². The number of piperidine rings is 2. The molecule has 0 N–H and O–H groups in total. The number of halogens is 1. The molecule has 0 atom stereocenters. The molecule has 3 fully saturated rings. The van der Waals surface area contributed by atoms with Crippen molar-refractivity contribution in [2.75, 3.05) is 32.0 Å². The van der Waals surface area contributed by atoms with E-state index in [0.717, 1.165) is 11.8 Å². The van der Waals surface area contributed by atoms with Gasteiger partial charge in [-0.15, -0.1) is 0 Å². The molecular formula is C20H39BrN+. The van der Waals surface area contributed by atoms with Crippen LogP contribution in [0, 0.1) is 11.8 Å². The van der Waals surface area contributed by atoms with Gasteiger partial charge in [0.25, 0.3) is 0 Å². The van der Waals surface area contributed by atoms with E-state index >= 15 is 0 Å². The highest BCUT2D eigenvalue weighted by Gasteiger charge is 2.34. The van der Waals surface area contributed by atoms with E-state index in [1.54, 1.807) is 38.5 Å². The Balaban J connectivity index is 0.000000847. The van der Waals surface area contributed by atoms with Crippen LogP contribution in [0.1, 0.15) is 83.5 Å². The molecule has 3 rings (SSSR count). The van der Waals surface area contributed by atoms with Gasteiger partial charge in [-0.05, 0) is 49.8 Å². The third kappa shape index (κ3) is 5.82. The second-order valence-electron chi connectivity index (χ2n) is 8.18. The summed E-state index contributed by atoms with van der Waals surface area (Å²) in [6, 6.07) is 0. The zero-order valence-corrected chi connectivity index (χ0v) is 16.6. The lowest BCUT2D eigenvalue weighted by atomic mass is 9.83. The standard InChI is InChI=1S/C19H36N.CH3Br/c1-3-8-18(9-4-1)10-7-11-19-12-16-20(17-13-19)14-5-2-6-15-20;1-2/h18-19H,1-17H2;1H3/q+1;. The Morgan fingerprint density at radius 1 is 0.636 bits per heavy atom. The van der Waals surface area contributed by atoms with Crippen molar-refractivity contribution in [3.8, 4) is 0 Å². The van der Waals surface area contributed by atoms with Crippen molar-refractivity contribution in [2.45, 2.75) is 83.5 Å². The van der Waals surface area contributed by atoms with E-state index in [1.165, 1.54) is 75.6 Å². The number of rotatable bonds is 4. The fourth-order valence-electron chi connectivity index (χ4n) is 5.26. The van der Waals surface area contributed by atoms with Gasteiger partial charge in [-0.1, -0.05) is 67.3 Å². The molecule has 0 radical (unpaired) electrons. The Hall–Kier alpha value is 0.440. The molecule has 1 spiro atoms. The van der Waals surface area contributed by atoms with E-state index in [-0.39, 0.29) is 0 Å². The van der Waals surface area contributed by atoms with Gasteiger partial charge in [0.05, 0.1) is 26.2 Å². The summed E-state index contributed by atoms with van der Waals surface area (Å²) in [6.45, 7) is 6.06. The van der Waals surface area contributed by atoms with Crippen molar-refractivity contribution < 1.29 is 4.48 Å². The molecule has 2 aliphatic heterocycles. The monoisotopic (exact) mass is 372 g/mol. The van der Waals surface area contributed by atoms with Crippen LogP contribution in [0.25, 0.3) is 0 Å². The summed E-state index contributed by atoms with van der Waals surface area (Å²) in [4.78, 5) is 0. The summed E-state index contributed by atoms with van der Waals surface area (Å²) in [5.74, 6) is 4.00. The number of alkyl halides is 1. The lowest BCUT2D eigenvalue weighted by Gasteiger charge is -2.46. The van der Waals surface area contributed by atoms with Gasteiger partial charge in [-0.3, -0.25) is 0 Å². The molecule has 1 aliphatic carbocycles. The Bertz CT molecular complexity index is 269. The third-order valence-corrected chi connectivity index (χ3v) is 6.74. The van der Waals surface area contributed by atoms with Gasteiger partial charge >= 0.3 is 0 Å². The van der Waals surface area contributed by atoms with Gasteiger partial charge in [-0.2, -0.15) is 0 Å². The summed E-state index contributed by atoms with van der Waals surface area (Å²) >= 11 is 2.94. The number of hydrogen-bond donors (Lipinski definition) is 0. The van der Waals surface area contributed by atoms with Crippen molar-refractivity contribution in [1.82, 2.24) is 0 Å². The van der Waals surface area contributed by atoms with Crippen molar-refractivity contribution in [2.24, 2.45) is 11.8 Å². The van der Waals surface area contributed by atoms with E-state index in [9.17, 15) is 0 Å². The molecule has 1 saturated carbocycles. The molecule has 2 saturated heterocycles. The molecule has 2 heterocycles. The Labute approximate surface area is 147 Å². The predicted molar refractivity (Wildman–Crippen MR) is 102 cm³/mol. The molecular weight excluding hydrogens is 334 g/mol. The van der Waals surface area contributed by atoms with Crippen LogP contribution < -0.4 is 0 Å². The van der Waals surface area contributed by atoms with Crippen molar-refractivity contribution in [1.29, 1.82) is 0 Å². The first kappa shape index (κ1) is 18.8. The van der Waals surface area contributed by atoms with Gasteiger partial charge in [0.2, 0.25) is 0 Å². The van der Waals surface area contributed by atoms with Gasteiger partial charge < -0.3 is 4.48 Å². The minimum absolute atomic E-state index is 1.09. The molecule has 3 aliphatic rings. The lowest BCUT2D eigenvalue weighted by Crippen LogP contribution is -2.55. The minimum Gasteiger partial charge on any atom is -0.324 e. The first-order chi connectivity index (χ1) is 10.9. The minimum atomic E-state index is 1.09. The summed E-state index contributed by atoms with van der Waals surface area (Å²) in [5, 5.41) is 0. The predicted octanol–water partition coefficient (Wildman–Crippen LogP) is 6.16. The quantitative estimate of drug-likeness (QED) is 0.409. The van der Waals surface area contributed by atoms with E-state index in [1.807, 2.05) is 5.83 Å². The van der Waals surface area contributed by atoms with Crippen LogP contribution in [0.4, 0.5) is 0 Å². The number of nitrogens with zero attached hydrogens (tertiary/aromatic N) is 1. The highest BCUT2D eigenvalue weighted by molar-refractivity contribution is 9.08. The average molecular weight is 373 g/mol. The van der Waals surface area contributed by atoms with Crippen LogP contribution in [0.3, 0.4) is 0 Å². The van der Waals surface area contributed by atoms with Crippen LogP contribution in [0.2, 0.25) is 0 Å². The molecule has 0 aromatic heterocycles. The molecule has 130 valence electrons. The zero-order valence-electron chi connectivity index (χ0n) is 15.0. The Morgan fingerprint density at radius 2 is 1.14 bits per heavy atom. The highest BCUT2D eigenvalue weighted by Crippen LogP contribution is 2.33. The van der Waals surface area contributed by atoms with Crippen LogP contribution >= 0.6 is 15.9 Å². The highest BCUT2D eigenvalue weighted by atomic mass is 79.9. The van der Waals surface area contributed by atoms with Crippen LogP contribution in [-0.2, 0) is 0 Å². The molecule has 2 heteroatoms. The van der Waals surface area contributed by atoms with Gasteiger partial charge in [-0.25, -0.2) is 0 Å². The fourth-order valence-corrected chi connectivity index (χ4v) is 5.26. The van der Waals surface area contributed by atoms with Gasteiger partial charge in [0.15, 0.2) is 0 Å². The largest absolute Gasteiger partial charge is 0.324 e. The molecule has 0 unspecified atom stereocenters. The molecule has 0 amide bonds. The van der Waals surface area contributed by atoms with Gasteiger partial charge in [0.1, 0.15) is 0 Å². The van der Waals surface area contributed by atoms with Crippen molar-refractivity contribution in [3.63, 3.8) is 0 Å². The Kier molecular flexibility index (Phi) is 8.82. The molecule has 0 aromatic carbocycles. The summed E-state index contributed by atoms with van der Waals surface area (Å²) in [6.07, 6.45) is 19.9. The zero-order chi connectivity index (χ0) is 15.7. The molecule has 22 heavy (non-hydrogen) atoms.